The van der Waals surface area contributed by atoms with Gasteiger partial charge in [0.1, 0.15) is 0 Å². The molecule has 1 unspecified atom stereocenters. The van der Waals surface area contributed by atoms with Gasteiger partial charge in [-0.1, -0.05) is 32.9 Å². The normalized spacial score (nSPS) is 20.1. The van der Waals surface area contributed by atoms with E-state index in [2.05, 4.69) is 56.5 Å². The van der Waals surface area contributed by atoms with E-state index in [4.69, 9.17) is 0 Å². The second-order valence-electron chi connectivity index (χ2n) is 6.52. The van der Waals surface area contributed by atoms with Gasteiger partial charge in [0.15, 0.2) is 0 Å². The van der Waals surface area contributed by atoms with Crippen molar-refractivity contribution in [1.29, 1.82) is 0 Å². The molecule has 0 spiro atoms. The Morgan fingerprint density at radius 1 is 1.33 bits per heavy atom. The van der Waals surface area contributed by atoms with Crippen LogP contribution in [-0.2, 0) is 5.41 Å². The number of aryl methyl sites for hydroxylation is 1. The molecule has 1 fully saturated rings. The number of rotatable bonds is 3. The fourth-order valence-corrected chi connectivity index (χ4v) is 2.47. The molecule has 1 aromatic carbocycles. The first-order chi connectivity index (χ1) is 8.47. The highest BCUT2D eigenvalue weighted by atomic mass is 14.9. The van der Waals surface area contributed by atoms with E-state index in [0.29, 0.717) is 0 Å². The predicted octanol–water partition coefficient (Wildman–Crippen LogP) is 3.31. The number of benzene rings is 1. The SMILES string of the molecule is Cc1cc(C(C)(C)C)ccc1NCC1CCNC1. The molecule has 1 saturated heterocycles. The molecule has 0 radical (unpaired) electrons. The third-order valence-corrected chi connectivity index (χ3v) is 3.84. The smallest absolute Gasteiger partial charge is 0.0370 e. The molecule has 1 heterocycles. The van der Waals surface area contributed by atoms with Crippen LogP contribution in [0.2, 0.25) is 0 Å². The van der Waals surface area contributed by atoms with Gasteiger partial charge in [-0.25, -0.2) is 0 Å². The molecule has 0 aromatic heterocycles. The Kier molecular flexibility index (Phi) is 3.96. The van der Waals surface area contributed by atoms with Crippen molar-refractivity contribution in [2.75, 3.05) is 25.0 Å². The summed E-state index contributed by atoms with van der Waals surface area (Å²) in [6.45, 7) is 12.4. The summed E-state index contributed by atoms with van der Waals surface area (Å²) in [5.74, 6) is 0.784. The topological polar surface area (TPSA) is 24.1 Å². The van der Waals surface area contributed by atoms with Crippen LogP contribution in [0.1, 0.15) is 38.3 Å². The first kappa shape index (κ1) is 13.4. The van der Waals surface area contributed by atoms with Gasteiger partial charge in [-0.3, -0.25) is 0 Å². The average molecular weight is 246 g/mol. The molecule has 2 heteroatoms. The Labute approximate surface area is 111 Å². The Morgan fingerprint density at radius 3 is 2.67 bits per heavy atom. The van der Waals surface area contributed by atoms with Gasteiger partial charge in [0.05, 0.1) is 0 Å². The highest BCUT2D eigenvalue weighted by Crippen LogP contribution is 2.26. The minimum atomic E-state index is 0.235. The summed E-state index contributed by atoms with van der Waals surface area (Å²) in [6, 6.07) is 6.80. The summed E-state index contributed by atoms with van der Waals surface area (Å²) in [5, 5.41) is 7.01. The molecule has 1 atom stereocenters. The van der Waals surface area contributed by atoms with Crippen molar-refractivity contribution in [2.45, 2.75) is 39.5 Å². The zero-order valence-corrected chi connectivity index (χ0v) is 12.1. The van der Waals surface area contributed by atoms with Gasteiger partial charge in [-0.2, -0.15) is 0 Å². The van der Waals surface area contributed by atoms with Crippen LogP contribution < -0.4 is 10.6 Å². The Balaban J connectivity index is 2.01. The second-order valence-corrected chi connectivity index (χ2v) is 6.52. The van der Waals surface area contributed by atoms with Crippen molar-refractivity contribution in [2.24, 2.45) is 5.92 Å². The van der Waals surface area contributed by atoms with Gasteiger partial charge in [0, 0.05) is 12.2 Å². The predicted molar refractivity (Wildman–Crippen MR) is 79.3 cm³/mol. The number of hydrogen-bond donors (Lipinski definition) is 2. The van der Waals surface area contributed by atoms with E-state index in [1.807, 2.05) is 0 Å². The van der Waals surface area contributed by atoms with E-state index in [9.17, 15) is 0 Å². The van der Waals surface area contributed by atoms with Gasteiger partial charge in [0.2, 0.25) is 0 Å². The zero-order valence-electron chi connectivity index (χ0n) is 12.1. The first-order valence-corrected chi connectivity index (χ1v) is 7.02. The average Bonchev–Trinajstić information content (AvgIpc) is 2.79. The van der Waals surface area contributed by atoms with Gasteiger partial charge >= 0.3 is 0 Å². The molecular formula is C16H26N2. The minimum absolute atomic E-state index is 0.235. The van der Waals surface area contributed by atoms with E-state index < -0.39 is 0 Å². The molecule has 2 rings (SSSR count). The lowest BCUT2D eigenvalue weighted by atomic mass is 9.86. The van der Waals surface area contributed by atoms with E-state index in [-0.39, 0.29) is 5.41 Å². The maximum absolute atomic E-state index is 3.59. The Hall–Kier alpha value is -1.02. The third kappa shape index (κ3) is 3.26. The van der Waals surface area contributed by atoms with E-state index in [1.54, 1.807) is 0 Å². The number of nitrogens with one attached hydrogen (secondary N) is 2. The molecule has 1 aliphatic rings. The monoisotopic (exact) mass is 246 g/mol. The number of anilines is 1. The molecule has 2 N–H and O–H groups in total. The van der Waals surface area contributed by atoms with Crippen molar-refractivity contribution in [3.05, 3.63) is 29.3 Å². The van der Waals surface area contributed by atoms with Crippen LogP contribution in [0.4, 0.5) is 5.69 Å². The van der Waals surface area contributed by atoms with Crippen molar-refractivity contribution in [3.8, 4) is 0 Å². The van der Waals surface area contributed by atoms with Crippen molar-refractivity contribution in [1.82, 2.24) is 5.32 Å². The van der Waals surface area contributed by atoms with Gasteiger partial charge in [0.25, 0.3) is 0 Å². The molecule has 18 heavy (non-hydrogen) atoms. The maximum Gasteiger partial charge on any atom is 0.0370 e. The van der Waals surface area contributed by atoms with Gasteiger partial charge in [-0.15, -0.1) is 0 Å². The lowest BCUT2D eigenvalue weighted by molar-refractivity contribution is 0.589. The van der Waals surface area contributed by atoms with E-state index >= 15 is 0 Å². The highest BCUT2D eigenvalue weighted by molar-refractivity contribution is 5.53. The lowest BCUT2D eigenvalue weighted by Crippen LogP contribution is -2.18. The lowest BCUT2D eigenvalue weighted by Gasteiger charge is -2.21. The quantitative estimate of drug-likeness (QED) is 0.855. The van der Waals surface area contributed by atoms with Crippen LogP contribution in [0.5, 0.6) is 0 Å². The molecule has 0 aliphatic carbocycles. The van der Waals surface area contributed by atoms with Crippen molar-refractivity contribution < 1.29 is 0 Å². The van der Waals surface area contributed by atoms with E-state index in [0.717, 1.165) is 19.0 Å². The van der Waals surface area contributed by atoms with Crippen molar-refractivity contribution >= 4 is 5.69 Å². The summed E-state index contributed by atoms with van der Waals surface area (Å²) in [4.78, 5) is 0. The van der Waals surface area contributed by atoms with Gasteiger partial charge in [-0.05, 0) is 55.0 Å². The fourth-order valence-electron chi connectivity index (χ4n) is 2.47. The Morgan fingerprint density at radius 2 is 2.11 bits per heavy atom. The molecule has 100 valence electrons. The number of hydrogen-bond acceptors (Lipinski definition) is 2. The van der Waals surface area contributed by atoms with Gasteiger partial charge < -0.3 is 10.6 Å². The van der Waals surface area contributed by atoms with Crippen LogP contribution in [-0.4, -0.2) is 19.6 Å². The first-order valence-electron chi connectivity index (χ1n) is 7.02. The zero-order chi connectivity index (χ0) is 13.2. The summed E-state index contributed by atoms with van der Waals surface area (Å²) < 4.78 is 0. The van der Waals surface area contributed by atoms with Crippen LogP contribution in [0.15, 0.2) is 18.2 Å². The summed E-state index contributed by atoms with van der Waals surface area (Å²) >= 11 is 0. The molecule has 2 nitrogen and oxygen atoms in total. The minimum Gasteiger partial charge on any atom is -0.385 e. The largest absolute Gasteiger partial charge is 0.385 e. The van der Waals surface area contributed by atoms with Crippen LogP contribution in [0.25, 0.3) is 0 Å². The van der Waals surface area contributed by atoms with Crippen LogP contribution in [0, 0.1) is 12.8 Å². The Bertz CT molecular complexity index is 398. The molecule has 1 aromatic rings. The van der Waals surface area contributed by atoms with Crippen molar-refractivity contribution in [3.63, 3.8) is 0 Å². The summed E-state index contributed by atoms with van der Waals surface area (Å²) in [6.07, 6.45) is 1.30. The molecule has 0 saturated carbocycles. The molecule has 0 amide bonds. The fraction of sp³-hybridized carbons (Fsp3) is 0.625. The third-order valence-electron chi connectivity index (χ3n) is 3.84. The molecule has 0 bridgehead atoms. The maximum atomic E-state index is 3.59. The van der Waals surface area contributed by atoms with Crippen LogP contribution in [0.3, 0.4) is 0 Å². The molecular weight excluding hydrogens is 220 g/mol. The van der Waals surface area contributed by atoms with Crippen LogP contribution >= 0.6 is 0 Å². The second kappa shape index (κ2) is 5.31. The summed E-state index contributed by atoms with van der Waals surface area (Å²) in [7, 11) is 0. The highest BCUT2D eigenvalue weighted by Gasteiger charge is 2.16. The van der Waals surface area contributed by atoms with E-state index in [1.165, 1.54) is 29.8 Å². The standard InChI is InChI=1S/C16H26N2/c1-12-9-14(16(2,3)4)5-6-15(12)18-11-13-7-8-17-10-13/h5-6,9,13,17-18H,7-8,10-11H2,1-4H3. The molecule has 1 aliphatic heterocycles. The summed E-state index contributed by atoms with van der Waals surface area (Å²) in [5.41, 5.74) is 4.29.